The van der Waals surface area contributed by atoms with Crippen LogP contribution in [0, 0.1) is 3.57 Å². The van der Waals surface area contributed by atoms with E-state index in [4.69, 9.17) is 0 Å². The highest BCUT2D eigenvalue weighted by atomic mass is 127. The molecule has 8 heteroatoms. The molecule has 2 N–H and O–H groups in total. The van der Waals surface area contributed by atoms with Crippen LogP contribution in [0.25, 0.3) is 5.82 Å². The Labute approximate surface area is 152 Å². The van der Waals surface area contributed by atoms with E-state index in [0.717, 1.165) is 3.57 Å². The van der Waals surface area contributed by atoms with Gasteiger partial charge in [-0.05, 0) is 65.1 Å². The van der Waals surface area contributed by atoms with Gasteiger partial charge in [0.05, 0.1) is 0 Å². The van der Waals surface area contributed by atoms with Gasteiger partial charge in [-0.2, -0.15) is 5.10 Å². The molecule has 3 aromatic rings. The standard InChI is InChI=1S/C16H15IN6O/c17-13-4-2-12(3-5-13)16(24)19-10-9-18-14-6-7-15(22-21-14)23-11-1-8-20-23/h1-8,11H,9-10H2,(H,18,21)(H,19,24). The number of carbonyl (C=O) groups is 1. The van der Waals surface area contributed by atoms with Crippen LogP contribution >= 0.6 is 22.6 Å². The summed E-state index contributed by atoms with van der Waals surface area (Å²) >= 11 is 2.21. The summed E-state index contributed by atoms with van der Waals surface area (Å²) in [6, 6.07) is 12.9. The zero-order valence-electron chi connectivity index (χ0n) is 12.7. The zero-order valence-corrected chi connectivity index (χ0v) is 14.8. The van der Waals surface area contributed by atoms with Crippen LogP contribution in [-0.4, -0.2) is 39.0 Å². The molecule has 2 heterocycles. The lowest BCUT2D eigenvalue weighted by Gasteiger charge is -2.07. The first-order valence-electron chi connectivity index (χ1n) is 7.34. The fraction of sp³-hybridized carbons (Fsp3) is 0.125. The number of aromatic nitrogens is 4. The molecule has 0 saturated heterocycles. The highest BCUT2D eigenvalue weighted by Gasteiger charge is 2.04. The molecule has 3 rings (SSSR count). The molecule has 0 atom stereocenters. The topological polar surface area (TPSA) is 84.7 Å². The van der Waals surface area contributed by atoms with E-state index in [1.54, 1.807) is 17.1 Å². The van der Waals surface area contributed by atoms with Gasteiger partial charge < -0.3 is 10.6 Å². The van der Waals surface area contributed by atoms with Crippen molar-refractivity contribution in [1.82, 2.24) is 25.3 Å². The van der Waals surface area contributed by atoms with Gasteiger partial charge in [0.1, 0.15) is 5.82 Å². The third-order valence-corrected chi connectivity index (χ3v) is 3.93. The molecule has 0 aliphatic carbocycles. The van der Waals surface area contributed by atoms with Gasteiger partial charge in [-0.15, -0.1) is 10.2 Å². The van der Waals surface area contributed by atoms with Crippen LogP contribution in [0.4, 0.5) is 5.82 Å². The Kier molecular flexibility index (Phi) is 5.36. The fourth-order valence-electron chi connectivity index (χ4n) is 2.02. The molecule has 2 aromatic heterocycles. The predicted octanol–water partition coefficient (Wildman–Crippen LogP) is 2.11. The summed E-state index contributed by atoms with van der Waals surface area (Å²) in [5.74, 6) is 1.21. The summed E-state index contributed by atoms with van der Waals surface area (Å²) in [7, 11) is 0. The van der Waals surface area contributed by atoms with Crippen molar-refractivity contribution in [2.45, 2.75) is 0 Å². The second kappa shape index (κ2) is 7.86. The van der Waals surface area contributed by atoms with Crippen molar-refractivity contribution in [2.24, 2.45) is 0 Å². The first-order valence-corrected chi connectivity index (χ1v) is 8.41. The van der Waals surface area contributed by atoms with Crippen LogP contribution in [0.3, 0.4) is 0 Å². The van der Waals surface area contributed by atoms with Crippen molar-refractivity contribution in [3.63, 3.8) is 0 Å². The van der Waals surface area contributed by atoms with E-state index >= 15 is 0 Å². The largest absolute Gasteiger partial charge is 0.367 e. The van der Waals surface area contributed by atoms with Crippen molar-refractivity contribution >= 4 is 34.3 Å². The number of hydrogen-bond acceptors (Lipinski definition) is 5. The first-order chi connectivity index (χ1) is 11.7. The summed E-state index contributed by atoms with van der Waals surface area (Å²) in [6.45, 7) is 1.05. The predicted molar refractivity (Wildman–Crippen MR) is 99.1 cm³/mol. The number of hydrogen-bond donors (Lipinski definition) is 2. The lowest BCUT2D eigenvalue weighted by molar-refractivity contribution is 0.0955. The summed E-state index contributed by atoms with van der Waals surface area (Å²) in [4.78, 5) is 12.0. The molecule has 0 saturated carbocycles. The number of rotatable bonds is 6. The van der Waals surface area contributed by atoms with Crippen LogP contribution in [0.5, 0.6) is 0 Å². The van der Waals surface area contributed by atoms with Gasteiger partial charge in [-0.1, -0.05) is 0 Å². The Morgan fingerprint density at radius 3 is 2.58 bits per heavy atom. The molecular weight excluding hydrogens is 419 g/mol. The Bertz CT molecular complexity index is 786. The highest BCUT2D eigenvalue weighted by molar-refractivity contribution is 14.1. The lowest BCUT2D eigenvalue weighted by atomic mass is 10.2. The van der Waals surface area contributed by atoms with Gasteiger partial charge >= 0.3 is 0 Å². The van der Waals surface area contributed by atoms with Crippen molar-refractivity contribution in [2.75, 3.05) is 18.4 Å². The minimum absolute atomic E-state index is 0.0895. The lowest BCUT2D eigenvalue weighted by Crippen LogP contribution is -2.28. The maximum Gasteiger partial charge on any atom is 0.251 e. The van der Waals surface area contributed by atoms with E-state index in [9.17, 15) is 4.79 Å². The Balaban J connectivity index is 1.45. The number of carbonyl (C=O) groups excluding carboxylic acids is 1. The number of halogens is 1. The molecular formula is C16H15IN6O. The molecule has 0 aliphatic rings. The van der Waals surface area contributed by atoms with Crippen LogP contribution in [0.15, 0.2) is 54.9 Å². The number of amides is 1. The van der Waals surface area contributed by atoms with Crippen LogP contribution in [0.1, 0.15) is 10.4 Å². The molecule has 24 heavy (non-hydrogen) atoms. The molecule has 0 fully saturated rings. The van der Waals surface area contributed by atoms with Gasteiger partial charge in [-0.3, -0.25) is 4.79 Å². The van der Waals surface area contributed by atoms with E-state index in [0.29, 0.717) is 30.3 Å². The van der Waals surface area contributed by atoms with Gasteiger partial charge in [-0.25, -0.2) is 4.68 Å². The zero-order chi connectivity index (χ0) is 16.8. The Hall–Kier alpha value is -2.49. The maximum absolute atomic E-state index is 12.0. The van der Waals surface area contributed by atoms with E-state index in [2.05, 4.69) is 48.5 Å². The molecule has 0 spiro atoms. The van der Waals surface area contributed by atoms with E-state index in [-0.39, 0.29) is 5.91 Å². The molecule has 7 nitrogen and oxygen atoms in total. The van der Waals surface area contributed by atoms with Crippen LogP contribution < -0.4 is 10.6 Å². The van der Waals surface area contributed by atoms with Gasteiger partial charge in [0, 0.05) is 34.6 Å². The number of anilines is 1. The maximum atomic E-state index is 12.0. The Morgan fingerprint density at radius 2 is 1.92 bits per heavy atom. The third-order valence-electron chi connectivity index (χ3n) is 3.21. The molecule has 0 radical (unpaired) electrons. The minimum atomic E-state index is -0.0895. The first kappa shape index (κ1) is 16.4. The number of nitrogens with one attached hydrogen (secondary N) is 2. The summed E-state index contributed by atoms with van der Waals surface area (Å²) in [6.07, 6.45) is 3.49. The average molecular weight is 434 g/mol. The van der Waals surface area contributed by atoms with Gasteiger partial charge in [0.15, 0.2) is 5.82 Å². The molecule has 122 valence electrons. The van der Waals surface area contributed by atoms with E-state index in [1.165, 1.54) is 0 Å². The monoisotopic (exact) mass is 434 g/mol. The van der Waals surface area contributed by atoms with Crippen LogP contribution in [-0.2, 0) is 0 Å². The van der Waals surface area contributed by atoms with E-state index in [1.807, 2.05) is 42.5 Å². The van der Waals surface area contributed by atoms with Crippen LogP contribution in [0.2, 0.25) is 0 Å². The second-order valence-corrected chi connectivity index (χ2v) is 6.16. The highest BCUT2D eigenvalue weighted by Crippen LogP contribution is 2.07. The smallest absolute Gasteiger partial charge is 0.251 e. The fourth-order valence-corrected chi connectivity index (χ4v) is 2.38. The molecule has 1 amide bonds. The van der Waals surface area contributed by atoms with Crippen molar-refractivity contribution in [1.29, 1.82) is 0 Å². The normalized spacial score (nSPS) is 10.4. The number of benzene rings is 1. The third kappa shape index (κ3) is 4.28. The number of nitrogens with zero attached hydrogens (tertiary/aromatic N) is 4. The van der Waals surface area contributed by atoms with Crippen molar-refractivity contribution < 1.29 is 4.79 Å². The minimum Gasteiger partial charge on any atom is -0.367 e. The Morgan fingerprint density at radius 1 is 1.08 bits per heavy atom. The molecule has 0 bridgehead atoms. The van der Waals surface area contributed by atoms with Crippen molar-refractivity contribution in [3.05, 3.63) is 64.0 Å². The SMILES string of the molecule is O=C(NCCNc1ccc(-n2cccn2)nn1)c1ccc(I)cc1. The quantitative estimate of drug-likeness (QED) is 0.459. The molecule has 0 unspecified atom stereocenters. The molecule has 1 aromatic carbocycles. The van der Waals surface area contributed by atoms with E-state index < -0.39 is 0 Å². The average Bonchev–Trinajstić information content (AvgIpc) is 3.14. The van der Waals surface area contributed by atoms with Gasteiger partial charge in [0.2, 0.25) is 0 Å². The van der Waals surface area contributed by atoms with Crippen molar-refractivity contribution in [3.8, 4) is 5.82 Å². The summed E-state index contributed by atoms with van der Waals surface area (Å²) in [5, 5.41) is 18.2. The molecule has 0 aliphatic heterocycles. The summed E-state index contributed by atoms with van der Waals surface area (Å²) < 4.78 is 2.74. The van der Waals surface area contributed by atoms with Gasteiger partial charge in [0.25, 0.3) is 5.91 Å². The summed E-state index contributed by atoms with van der Waals surface area (Å²) in [5.41, 5.74) is 0.652. The second-order valence-electron chi connectivity index (χ2n) is 4.92.